The summed E-state index contributed by atoms with van der Waals surface area (Å²) in [6.45, 7) is 0.669. The van der Waals surface area contributed by atoms with Gasteiger partial charge in [-0.3, -0.25) is 9.10 Å². The summed E-state index contributed by atoms with van der Waals surface area (Å²) in [6, 6.07) is 16.6. The number of benzene rings is 2. The van der Waals surface area contributed by atoms with E-state index in [1.54, 1.807) is 36.2 Å². The Hall–Kier alpha value is -2.54. The monoisotopic (exact) mass is 374 g/mol. The van der Waals surface area contributed by atoms with Crippen LogP contribution in [-0.2, 0) is 21.4 Å². The quantitative estimate of drug-likeness (QED) is 0.823. The van der Waals surface area contributed by atoms with Crippen LogP contribution in [0.4, 0.5) is 5.69 Å². The van der Waals surface area contributed by atoms with Crippen LogP contribution >= 0.6 is 0 Å². The van der Waals surface area contributed by atoms with Crippen molar-refractivity contribution in [1.82, 2.24) is 4.90 Å². The first-order valence-corrected chi connectivity index (χ1v) is 10.2. The maximum atomic E-state index is 12.9. The molecule has 0 bridgehead atoms. The number of ether oxygens (including phenoxy) is 1. The van der Waals surface area contributed by atoms with E-state index in [-0.39, 0.29) is 12.5 Å². The Morgan fingerprint density at radius 2 is 1.81 bits per heavy atom. The lowest BCUT2D eigenvalue weighted by Gasteiger charge is -2.23. The van der Waals surface area contributed by atoms with Gasteiger partial charge in [-0.05, 0) is 17.7 Å². The van der Waals surface area contributed by atoms with Crippen molar-refractivity contribution in [3.05, 3.63) is 60.2 Å². The molecule has 1 amide bonds. The van der Waals surface area contributed by atoms with Gasteiger partial charge in [0.15, 0.2) is 6.10 Å². The van der Waals surface area contributed by atoms with Crippen molar-refractivity contribution in [2.45, 2.75) is 19.1 Å². The van der Waals surface area contributed by atoms with Crippen molar-refractivity contribution >= 4 is 21.6 Å². The topological polar surface area (TPSA) is 66.9 Å². The van der Waals surface area contributed by atoms with Gasteiger partial charge in [-0.1, -0.05) is 42.5 Å². The Kier molecular flexibility index (Phi) is 5.18. The van der Waals surface area contributed by atoms with Gasteiger partial charge in [0, 0.05) is 26.6 Å². The van der Waals surface area contributed by atoms with Crippen LogP contribution in [-0.4, -0.2) is 45.2 Å². The van der Waals surface area contributed by atoms with Crippen LogP contribution in [0.2, 0.25) is 0 Å². The molecule has 3 rings (SSSR count). The maximum absolute atomic E-state index is 12.9. The standard InChI is InChI=1S/C19H22N2O4S/c1-20(14-15-8-4-3-5-9-15)19(22)18-12-13-21(26(2,23)24)16-10-6-7-11-17(16)25-18/h3-11,18H,12-14H2,1-2H3. The molecule has 0 N–H and O–H groups in total. The molecule has 1 aliphatic heterocycles. The zero-order valence-corrected chi connectivity index (χ0v) is 15.6. The fourth-order valence-electron chi connectivity index (χ4n) is 3.03. The van der Waals surface area contributed by atoms with Crippen LogP contribution < -0.4 is 9.04 Å². The predicted molar refractivity (Wildman–Crippen MR) is 101 cm³/mol. The third-order valence-corrected chi connectivity index (χ3v) is 5.49. The summed E-state index contributed by atoms with van der Waals surface area (Å²) in [4.78, 5) is 14.5. The highest BCUT2D eigenvalue weighted by molar-refractivity contribution is 7.92. The van der Waals surface area contributed by atoms with Crippen molar-refractivity contribution < 1.29 is 17.9 Å². The SMILES string of the molecule is CN(Cc1ccccc1)C(=O)C1CCN(S(C)(=O)=O)c2ccccc2O1. The summed E-state index contributed by atoms with van der Waals surface area (Å²) in [5.41, 5.74) is 1.49. The summed E-state index contributed by atoms with van der Waals surface area (Å²) in [6.07, 6.45) is 0.726. The third-order valence-electron chi connectivity index (χ3n) is 4.31. The van der Waals surface area contributed by atoms with E-state index >= 15 is 0 Å². The highest BCUT2D eigenvalue weighted by Gasteiger charge is 2.32. The summed E-state index contributed by atoms with van der Waals surface area (Å²) in [5, 5.41) is 0. The third kappa shape index (κ3) is 3.99. The zero-order chi connectivity index (χ0) is 18.7. The van der Waals surface area contributed by atoms with Crippen LogP contribution in [0.5, 0.6) is 5.75 Å². The summed E-state index contributed by atoms with van der Waals surface area (Å²) in [5.74, 6) is 0.237. The van der Waals surface area contributed by atoms with Gasteiger partial charge in [-0.25, -0.2) is 8.42 Å². The molecule has 0 saturated carbocycles. The van der Waals surface area contributed by atoms with Crippen molar-refractivity contribution in [1.29, 1.82) is 0 Å². The van der Waals surface area contributed by atoms with Crippen molar-refractivity contribution in [2.24, 2.45) is 0 Å². The number of carbonyl (C=O) groups is 1. The number of fused-ring (bicyclic) bond motifs is 1. The van der Waals surface area contributed by atoms with Gasteiger partial charge in [-0.15, -0.1) is 0 Å². The molecule has 2 aromatic rings. The lowest BCUT2D eigenvalue weighted by molar-refractivity contribution is -0.138. The number of para-hydroxylation sites is 2. The van der Waals surface area contributed by atoms with E-state index in [9.17, 15) is 13.2 Å². The Balaban J connectivity index is 1.81. The van der Waals surface area contributed by atoms with E-state index < -0.39 is 16.1 Å². The molecule has 0 saturated heterocycles. The van der Waals surface area contributed by atoms with Crippen molar-refractivity contribution in [2.75, 3.05) is 24.2 Å². The van der Waals surface area contributed by atoms with E-state index in [0.29, 0.717) is 24.4 Å². The number of nitrogens with zero attached hydrogens (tertiary/aromatic N) is 2. The molecule has 1 heterocycles. The minimum Gasteiger partial charge on any atom is -0.478 e. The first-order valence-electron chi connectivity index (χ1n) is 8.38. The number of rotatable bonds is 4. The second kappa shape index (κ2) is 7.37. The van der Waals surface area contributed by atoms with Crippen LogP contribution in [0.15, 0.2) is 54.6 Å². The lowest BCUT2D eigenvalue weighted by Crippen LogP contribution is -2.40. The Bertz CT molecular complexity index is 883. The van der Waals surface area contributed by atoms with Crippen molar-refractivity contribution in [3.63, 3.8) is 0 Å². The molecular formula is C19H22N2O4S. The van der Waals surface area contributed by atoms with E-state index in [2.05, 4.69) is 0 Å². The molecule has 7 heteroatoms. The lowest BCUT2D eigenvalue weighted by atomic mass is 10.2. The molecule has 0 aliphatic carbocycles. The summed E-state index contributed by atoms with van der Waals surface area (Å²) in [7, 11) is -1.73. The van der Waals surface area contributed by atoms with Gasteiger partial charge in [-0.2, -0.15) is 0 Å². The normalized spacial score (nSPS) is 17.0. The van der Waals surface area contributed by atoms with Gasteiger partial charge in [0.2, 0.25) is 10.0 Å². The van der Waals surface area contributed by atoms with E-state index in [4.69, 9.17) is 4.74 Å². The number of amides is 1. The molecule has 0 fully saturated rings. The van der Waals surface area contributed by atoms with Gasteiger partial charge < -0.3 is 9.64 Å². The first kappa shape index (κ1) is 18.3. The van der Waals surface area contributed by atoms with E-state index in [0.717, 1.165) is 11.8 Å². The Morgan fingerprint density at radius 1 is 1.15 bits per heavy atom. The number of hydrogen-bond donors (Lipinski definition) is 0. The first-order chi connectivity index (χ1) is 12.4. The molecule has 1 atom stereocenters. The molecule has 1 aliphatic rings. The second-order valence-electron chi connectivity index (χ2n) is 6.38. The van der Waals surface area contributed by atoms with E-state index in [1.807, 2.05) is 30.3 Å². The van der Waals surface area contributed by atoms with Gasteiger partial charge in [0.05, 0.1) is 11.9 Å². The van der Waals surface area contributed by atoms with Gasteiger partial charge >= 0.3 is 0 Å². The van der Waals surface area contributed by atoms with Gasteiger partial charge in [0.1, 0.15) is 5.75 Å². The molecule has 138 valence electrons. The molecule has 0 aromatic heterocycles. The fourth-order valence-corrected chi connectivity index (χ4v) is 3.97. The number of hydrogen-bond acceptors (Lipinski definition) is 4. The summed E-state index contributed by atoms with van der Waals surface area (Å²) >= 11 is 0. The summed E-state index contributed by atoms with van der Waals surface area (Å²) < 4.78 is 31.5. The Morgan fingerprint density at radius 3 is 2.50 bits per heavy atom. The average Bonchev–Trinajstić information content (AvgIpc) is 2.81. The van der Waals surface area contributed by atoms with Gasteiger partial charge in [0.25, 0.3) is 5.91 Å². The second-order valence-corrected chi connectivity index (χ2v) is 8.28. The van der Waals surface area contributed by atoms with Crippen LogP contribution in [0.25, 0.3) is 0 Å². The van der Waals surface area contributed by atoms with Crippen molar-refractivity contribution in [3.8, 4) is 5.75 Å². The number of sulfonamides is 1. The molecular weight excluding hydrogens is 352 g/mol. The Labute approximate surface area is 154 Å². The minimum atomic E-state index is -3.45. The smallest absolute Gasteiger partial charge is 0.263 e. The minimum absolute atomic E-state index is 0.168. The fraction of sp³-hybridized carbons (Fsp3) is 0.316. The van der Waals surface area contributed by atoms with E-state index in [1.165, 1.54) is 4.31 Å². The zero-order valence-electron chi connectivity index (χ0n) is 14.8. The largest absolute Gasteiger partial charge is 0.478 e. The molecule has 6 nitrogen and oxygen atoms in total. The molecule has 0 spiro atoms. The highest BCUT2D eigenvalue weighted by atomic mass is 32.2. The molecule has 1 unspecified atom stereocenters. The van der Waals surface area contributed by atoms with Crippen LogP contribution in [0.1, 0.15) is 12.0 Å². The highest BCUT2D eigenvalue weighted by Crippen LogP contribution is 2.34. The van der Waals surface area contributed by atoms with Crippen LogP contribution in [0, 0.1) is 0 Å². The average molecular weight is 374 g/mol. The predicted octanol–water partition coefficient (Wildman–Crippen LogP) is 2.26. The molecule has 26 heavy (non-hydrogen) atoms. The van der Waals surface area contributed by atoms with Crippen LogP contribution in [0.3, 0.4) is 0 Å². The number of likely N-dealkylation sites (N-methyl/N-ethyl adjacent to an activating group) is 1. The number of anilines is 1. The maximum Gasteiger partial charge on any atom is 0.263 e. The number of carbonyl (C=O) groups excluding carboxylic acids is 1. The molecule has 0 radical (unpaired) electrons. The molecule has 2 aromatic carbocycles.